The van der Waals surface area contributed by atoms with Crippen molar-refractivity contribution in [2.24, 2.45) is 0 Å². The molecule has 4 aromatic rings. The second-order valence-electron chi connectivity index (χ2n) is 14.0. The number of rotatable bonds is 11. The van der Waals surface area contributed by atoms with Crippen LogP contribution >= 0.6 is 7.80 Å². The summed E-state index contributed by atoms with van der Waals surface area (Å²) in [4.78, 5) is 43.4. The van der Waals surface area contributed by atoms with E-state index < -0.39 is 24.4 Å². The van der Waals surface area contributed by atoms with Gasteiger partial charge < -0.3 is 14.2 Å². The molecule has 7 nitrogen and oxygen atoms in total. The van der Waals surface area contributed by atoms with Gasteiger partial charge in [-0.05, 0) is 121 Å². The van der Waals surface area contributed by atoms with Gasteiger partial charge in [-0.1, -0.05) is 72.6 Å². The van der Waals surface area contributed by atoms with Crippen molar-refractivity contribution in [1.82, 2.24) is 4.90 Å². The van der Waals surface area contributed by atoms with Gasteiger partial charge in [0, 0.05) is 35.5 Å². The van der Waals surface area contributed by atoms with Crippen LogP contribution in [-0.4, -0.2) is 67.7 Å². The number of morpholine rings is 1. The van der Waals surface area contributed by atoms with Gasteiger partial charge in [0.1, 0.15) is 0 Å². The van der Waals surface area contributed by atoms with E-state index in [1.165, 1.54) is 5.56 Å². The van der Waals surface area contributed by atoms with E-state index in [4.69, 9.17) is 4.74 Å². The van der Waals surface area contributed by atoms with E-state index in [-0.39, 0.29) is 5.78 Å². The summed E-state index contributed by atoms with van der Waals surface area (Å²) >= 11 is 0. The molecule has 1 saturated heterocycles. The number of hydrogen-bond donors (Lipinski definition) is 0. The largest absolute Gasteiger partial charge is 0.378 e. The van der Waals surface area contributed by atoms with Crippen LogP contribution in [0.1, 0.15) is 83.4 Å². The maximum atomic E-state index is 13.6. The summed E-state index contributed by atoms with van der Waals surface area (Å²) < 4.78 is 18.1. The predicted molar refractivity (Wildman–Crippen MR) is 210 cm³/mol. The number of ketones is 1. The zero-order valence-corrected chi connectivity index (χ0v) is 32.7. The number of ether oxygens (including phenoxy) is 1. The number of benzene rings is 4. The van der Waals surface area contributed by atoms with Gasteiger partial charge in [0.15, 0.2) is 5.78 Å². The lowest BCUT2D eigenvalue weighted by atomic mass is 9.80. The van der Waals surface area contributed by atoms with Crippen LogP contribution in [-0.2, 0) is 15.7 Å². The van der Waals surface area contributed by atoms with Crippen LogP contribution in [0.3, 0.4) is 0 Å². The quantitative estimate of drug-likeness (QED) is 0.114. The summed E-state index contributed by atoms with van der Waals surface area (Å²) in [5, 5.41) is 0. The first-order valence-corrected chi connectivity index (χ1v) is 19.1. The number of anilines is 1. The van der Waals surface area contributed by atoms with E-state index in [9.17, 15) is 18.9 Å². The monoisotopic (exact) mass is 708 g/mol. The van der Waals surface area contributed by atoms with Crippen molar-refractivity contribution in [3.8, 4) is 0 Å². The average molecular weight is 709 g/mol. The van der Waals surface area contributed by atoms with Gasteiger partial charge in [-0.2, -0.15) is 0 Å². The second kappa shape index (κ2) is 17.4. The maximum absolute atomic E-state index is 13.6. The van der Waals surface area contributed by atoms with E-state index in [0.29, 0.717) is 17.5 Å². The molecular weight excluding hydrogens is 655 g/mol. The van der Waals surface area contributed by atoms with Gasteiger partial charge in [0.05, 0.1) is 18.8 Å². The highest BCUT2D eigenvalue weighted by Gasteiger charge is 2.39. The van der Waals surface area contributed by atoms with E-state index >= 15 is 0 Å². The molecule has 8 heteroatoms. The number of nitrogens with zero attached hydrogens (tertiary/aromatic N) is 2. The molecule has 0 spiro atoms. The fourth-order valence-corrected chi connectivity index (χ4v) is 8.75. The fraction of sp³-hybridized carbons (Fsp3) is 0.372. The Balaban J connectivity index is 0.000000230. The molecule has 0 aliphatic carbocycles. The van der Waals surface area contributed by atoms with E-state index in [2.05, 4.69) is 41.0 Å². The second-order valence-corrected chi connectivity index (χ2v) is 15.5. The molecular formula is C43H53N2O5P. The van der Waals surface area contributed by atoms with E-state index in [1.54, 1.807) is 0 Å². The number of hydrogen-bond acceptors (Lipinski definition) is 7. The smallest absolute Gasteiger partial charge is 0.226 e. The molecule has 0 saturated carbocycles. The van der Waals surface area contributed by atoms with Crippen molar-refractivity contribution >= 4 is 30.3 Å². The summed E-state index contributed by atoms with van der Waals surface area (Å²) in [6.07, 6.45) is 1.47. The van der Waals surface area contributed by atoms with Crippen LogP contribution in [0.5, 0.6) is 0 Å². The fourth-order valence-electron chi connectivity index (χ4n) is 7.30. The molecule has 0 amide bonds. The molecule has 0 aromatic heterocycles. The molecule has 0 radical (unpaired) electrons. The van der Waals surface area contributed by atoms with Crippen LogP contribution in [0, 0.1) is 41.5 Å². The van der Waals surface area contributed by atoms with Gasteiger partial charge >= 0.3 is 0 Å². The van der Waals surface area contributed by atoms with Gasteiger partial charge in [0.25, 0.3) is 0 Å². The first-order valence-electron chi connectivity index (χ1n) is 17.7. The zero-order chi connectivity index (χ0) is 37.5. The highest BCUT2D eigenvalue weighted by atomic mass is 31.1. The lowest BCUT2D eigenvalue weighted by Gasteiger charge is -2.38. The number of carbonyl (C=O) groups is 3. The molecule has 5 rings (SSSR count). The molecule has 270 valence electrons. The molecule has 1 atom stereocenters. The number of aryl methyl sites for hydroxylation is 6. The van der Waals surface area contributed by atoms with Gasteiger partial charge in [-0.15, -0.1) is 0 Å². The van der Waals surface area contributed by atoms with Crippen LogP contribution in [0.25, 0.3) is 0 Å². The van der Waals surface area contributed by atoms with Crippen molar-refractivity contribution in [2.75, 3.05) is 45.3 Å². The third kappa shape index (κ3) is 9.20. The lowest BCUT2D eigenvalue weighted by Crippen LogP contribution is -2.52. The summed E-state index contributed by atoms with van der Waals surface area (Å²) in [5.74, 6) is 0.187. The third-order valence-electron chi connectivity index (χ3n) is 9.93. The van der Waals surface area contributed by atoms with Crippen LogP contribution in [0.15, 0.2) is 78.9 Å². The molecule has 1 aliphatic rings. The molecule has 0 bridgehead atoms. The summed E-state index contributed by atoms with van der Waals surface area (Å²) in [6.45, 7) is 16.6. The number of Topliss-reactive ketones (excluding diaryl/α,β-unsaturated/α-hetero) is 1. The van der Waals surface area contributed by atoms with Gasteiger partial charge in [0.2, 0.25) is 18.8 Å². The standard InChI is InChI=1S/C23H30N2O2.C20H23O3P/c1-4-23(24(2)3,18-19-8-6-5-7-9-19)22(26)20-10-12-21(13-11-20)25-14-16-27-17-15-25;1-11-7-13(3)17(14(4)8-11)19(21)24(23)20(22)18-15(5)9-12(2)10-16(18)6/h5-13H,4,14-18H2,1-3H3;7-10,24H,1-6H3. The molecule has 1 fully saturated rings. The lowest BCUT2D eigenvalue weighted by molar-refractivity contribution is 0.0666. The highest BCUT2D eigenvalue weighted by Crippen LogP contribution is 2.36. The molecule has 1 aliphatic heterocycles. The van der Waals surface area contributed by atoms with Crippen LogP contribution in [0.2, 0.25) is 0 Å². The topological polar surface area (TPSA) is 84.0 Å². The van der Waals surface area contributed by atoms with E-state index in [1.807, 2.05) is 110 Å². The third-order valence-corrected chi connectivity index (χ3v) is 11.3. The maximum Gasteiger partial charge on any atom is 0.226 e. The average Bonchev–Trinajstić information content (AvgIpc) is 3.10. The summed E-state index contributed by atoms with van der Waals surface area (Å²) in [6, 6.07) is 25.9. The van der Waals surface area contributed by atoms with E-state index in [0.717, 1.165) is 77.4 Å². The summed E-state index contributed by atoms with van der Waals surface area (Å²) in [5.41, 5.74) is 7.47. The number of likely N-dealkylation sites (N-methyl/N-ethyl adjacent to an activating group) is 1. The Labute approximate surface area is 304 Å². The Morgan fingerprint density at radius 1 is 0.725 bits per heavy atom. The Bertz CT molecular complexity index is 1780. The Kier molecular flexibility index (Phi) is 13.5. The minimum Gasteiger partial charge on any atom is -0.378 e. The first kappa shape index (κ1) is 39.6. The van der Waals surface area contributed by atoms with Crippen LogP contribution < -0.4 is 4.90 Å². The SMILES string of the molecule is CCC(Cc1ccccc1)(C(=O)c1ccc(N2CCOCC2)cc1)N(C)C.Cc1cc(C)c(C(=O)[PH](=O)C(=O)c2c(C)cc(C)cc2C)c(C)c1. The van der Waals surface area contributed by atoms with Crippen molar-refractivity contribution in [3.05, 3.63) is 134 Å². The first-order chi connectivity index (χ1) is 24.2. The number of carbonyl (C=O) groups excluding carboxylic acids is 3. The minimum atomic E-state index is -3.09. The summed E-state index contributed by atoms with van der Waals surface area (Å²) in [7, 11) is 0.922. The Morgan fingerprint density at radius 2 is 1.18 bits per heavy atom. The van der Waals surface area contributed by atoms with Crippen molar-refractivity contribution in [2.45, 2.75) is 66.8 Å². The molecule has 1 unspecified atom stereocenters. The van der Waals surface area contributed by atoms with Gasteiger partial charge in [-0.3, -0.25) is 19.3 Å². The molecule has 1 heterocycles. The van der Waals surface area contributed by atoms with Crippen molar-refractivity contribution in [1.29, 1.82) is 0 Å². The molecule has 51 heavy (non-hydrogen) atoms. The normalized spacial score (nSPS) is 14.1. The highest BCUT2D eigenvalue weighted by molar-refractivity contribution is 7.80. The van der Waals surface area contributed by atoms with Crippen molar-refractivity contribution < 1.29 is 23.7 Å². The minimum absolute atomic E-state index is 0.187. The van der Waals surface area contributed by atoms with Gasteiger partial charge in [-0.25, -0.2) is 0 Å². The van der Waals surface area contributed by atoms with Crippen LogP contribution in [0.4, 0.5) is 5.69 Å². The molecule has 4 aromatic carbocycles. The zero-order valence-electron chi connectivity index (χ0n) is 31.7. The Hall–Kier alpha value is -4.16. The predicted octanol–water partition coefficient (Wildman–Crippen LogP) is 8.74. The van der Waals surface area contributed by atoms with Crippen molar-refractivity contribution in [3.63, 3.8) is 0 Å². The molecule has 0 N–H and O–H groups in total. The Morgan fingerprint density at radius 3 is 1.59 bits per heavy atom.